The lowest BCUT2D eigenvalue weighted by molar-refractivity contribution is 0.0957. The Balaban J connectivity index is 2.25. The standard InChI is InChI=1S/C11H20N4O3S/c1-8-11(2,4-5-18-8)15-19(16,17)10-9(6-12-3)7-13-14-10/h7-8,12,15H,4-6H2,1-3H3,(H,13,14). The zero-order valence-electron chi connectivity index (χ0n) is 11.4. The lowest BCUT2D eigenvalue weighted by Gasteiger charge is -2.28. The predicted molar refractivity (Wildman–Crippen MR) is 70.1 cm³/mol. The van der Waals surface area contributed by atoms with Gasteiger partial charge in [-0.25, -0.2) is 13.1 Å². The molecule has 1 aliphatic rings. The summed E-state index contributed by atoms with van der Waals surface area (Å²) in [6, 6.07) is 0. The number of aromatic amines is 1. The van der Waals surface area contributed by atoms with Crippen molar-refractivity contribution in [1.82, 2.24) is 20.2 Å². The van der Waals surface area contributed by atoms with Gasteiger partial charge in [-0.1, -0.05) is 0 Å². The number of aromatic nitrogens is 2. The van der Waals surface area contributed by atoms with Gasteiger partial charge in [0.1, 0.15) is 0 Å². The van der Waals surface area contributed by atoms with Gasteiger partial charge in [-0.15, -0.1) is 0 Å². The average Bonchev–Trinajstić information content (AvgIpc) is 2.88. The molecule has 0 bridgehead atoms. The molecule has 0 aliphatic carbocycles. The third-order valence-corrected chi connectivity index (χ3v) is 5.19. The molecule has 0 spiro atoms. The fourth-order valence-corrected chi connectivity index (χ4v) is 3.80. The molecule has 0 aromatic carbocycles. The molecule has 1 saturated heterocycles. The second-order valence-electron chi connectivity index (χ2n) is 5.04. The minimum atomic E-state index is -3.63. The first-order valence-electron chi connectivity index (χ1n) is 6.21. The highest BCUT2D eigenvalue weighted by atomic mass is 32.2. The maximum Gasteiger partial charge on any atom is 0.258 e. The molecule has 2 heterocycles. The third-order valence-electron chi connectivity index (χ3n) is 3.57. The van der Waals surface area contributed by atoms with Crippen LogP contribution in [-0.2, 0) is 21.3 Å². The minimum absolute atomic E-state index is 0.113. The molecule has 1 aromatic heterocycles. The molecule has 19 heavy (non-hydrogen) atoms. The predicted octanol–water partition coefficient (Wildman–Crippen LogP) is -0.0251. The van der Waals surface area contributed by atoms with Crippen molar-refractivity contribution in [3.8, 4) is 0 Å². The lowest BCUT2D eigenvalue weighted by atomic mass is 9.97. The van der Waals surface area contributed by atoms with Crippen molar-refractivity contribution in [2.75, 3.05) is 13.7 Å². The Morgan fingerprint density at radius 3 is 2.95 bits per heavy atom. The topological polar surface area (TPSA) is 96.1 Å². The van der Waals surface area contributed by atoms with Crippen molar-refractivity contribution >= 4 is 10.0 Å². The van der Waals surface area contributed by atoms with E-state index in [1.165, 1.54) is 6.20 Å². The second kappa shape index (κ2) is 5.20. The Morgan fingerprint density at radius 1 is 1.63 bits per heavy atom. The van der Waals surface area contributed by atoms with Crippen LogP contribution in [0.2, 0.25) is 0 Å². The molecule has 2 atom stereocenters. The molecule has 1 aromatic rings. The van der Waals surface area contributed by atoms with Gasteiger partial charge in [0, 0.05) is 18.7 Å². The summed E-state index contributed by atoms with van der Waals surface area (Å²) in [5.74, 6) is 0. The van der Waals surface area contributed by atoms with Crippen LogP contribution in [0.3, 0.4) is 0 Å². The summed E-state index contributed by atoms with van der Waals surface area (Å²) in [6.07, 6.45) is 2.02. The normalized spacial score (nSPS) is 27.8. The quantitative estimate of drug-likeness (QED) is 0.707. The fraction of sp³-hybridized carbons (Fsp3) is 0.727. The number of hydrogen-bond donors (Lipinski definition) is 3. The van der Waals surface area contributed by atoms with Gasteiger partial charge in [0.05, 0.1) is 17.8 Å². The van der Waals surface area contributed by atoms with Crippen molar-refractivity contribution in [2.45, 2.75) is 43.5 Å². The molecule has 2 rings (SSSR count). The van der Waals surface area contributed by atoms with Gasteiger partial charge >= 0.3 is 0 Å². The molecular formula is C11H20N4O3S. The van der Waals surface area contributed by atoms with Crippen LogP contribution in [0.1, 0.15) is 25.8 Å². The summed E-state index contributed by atoms with van der Waals surface area (Å²) in [6.45, 7) is 4.73. The first-order chi connectivity index (χ1) is 8.89. The molecule has 1 aliphatic heterocycles. The Bertz CT molecular complexity index is 542. The Hall–Kier alpha value is -0.960. The fourth-order valence-electron chi connectivity index (χ4n) is 2.18. The number of hydrogen-bond acceptors (Lipinski definition) is 5. The van der Waals surface area contributed by atoms with Gasteiger partial charge < -0.3 is 10.1 Å². The SMILES string of the molecule is CNCc1cn[nH]c1S(=O)(=O)NC1(C)CCOC1C. The number of H-pyrrole nitrogens is 1. The highest BCUT2D eigenvalue weighted by Crippen LogP contribution is 2.27. The summed E-state index contributed by atoms with van der Waals surface area (Å²) in [5.41, 5.74) is 0.0334. The summed E-state index contributed by atoms with van der Waals surface area (Å²) in [4.78, 5) is 0. The molecule has 7 nitrogen and oxygen atoms in total. The number of rotatable bonds is 5. The first kappa shape index (κ1) is 14.4. The largest absolute Gasteiger partial charge is 0.376 e. The molecule has 108 valence electrons. The van der Waals surface area contributed by atoms with Crippen molar-refractivity contribution in [3.05, 3.63) is 11.8 Å². The van der Waals surface area contributed by atoms with Crippen LogP contribution in [0.4, 0.5) is 0 Å². The van der Waals surface area contributed by atoms with E-state index in [0.29, 0.717) is 25.1 Å². The van der Waals surface area contributed by atoms with Gasteiger partial charge in [-0.3, -0.25) is 5.10 Å². The Morgan fingerprint density at radius 2 is 2.37 bits per heavy atom. The maximum atomic E-state index is 12.4. The Kier molecular flexibility index (Phi) is 3.95. The van der Waals surface area contributed by atoms with Gasteiger partial charge in [-0.2, -0.15) is 5.10 Å². The Labute approximate surface area is 113 Å². The molecule has 0 amide bonds. The van der Waals surface area contributed by atoms with Crippen molar-refractivity contribution < 1.29 is 13.2 Å². The summed E-state index contributed by atoms with van der Waals surface area (Å²) >= 11 is 0. The van der Waals surface area contributed by atoms with E-state index in [4.69, 9.17) is 4.74 Å². The number of nitrogens with zero attached hydrogens (tertiary/aromatic N) is 1. The smallest absolute Gasteiger partial charge is 0.258 e. The zero-order chi connectivity index (χ0) is 14.1. The highest BCUT2D eigenvalue weighted by molar-refractivity contribution is 7.89. The summed E-state index contributed by atoms with van der Waals surface area (Å²) in [5, 5.41) is 9.39. The van der Waals surface area contributed by atoms with E-state index in [0.717, 1.165) is 0 Å². The van der Waals surface area contributed by atoms with Gasteiger partial charge in [0.15, 0.2) is 5.03 Å². The van der Waals surface area contributed by atoms with Crippen molar-refractivity contribution in [3.63, 3.8) is 0 Å². The molecule has 8 heteroatoms. The summed E-state index contributed by atoms with van der Waals surface area (Å²) in [7, 11) is -1.88. The molecule has 0 radical (unpaired) electrons. The van der Waals surface area contributed by atoms with Crippen LogP contribution < -0.4 is 10.0 Å². The number of nitrogens with one attached hydrogen (secondary N) is 3. The van der Waals surface area contributed by atoms with Crippen LogP contribution in [0.25, 0.3) is 0 Å². The maximum absolute atomic E-state index is 12.4. The van der Waals surface area contributed by atoms with Gasteiger partial charge in [-0.05, 0) is 27.3 Å². The van der Waals surface area contributed by atoms with E-state index in [2.05, 4.69) is 20.2 Å². The van der Waals surface area contributed by atoms with Crippen LogP contribution in [0.15, 0.2) is 11.2 Å². The van der Waals surface area contributed by atoms with E-state index >= 15 is 0 Å². The van der Waals surface area contributed by atoms with Crippen molar-refractivity contribution in [1.29, 1.82) is 0 Å². The van der Waals surface area contributed by atoms with Crippen LogP contribution in [0, 0.1) is 0 Å². The summed E-state index contributed by atoms with van der Waals surface area (Å²) < 4.78 is 33.0. The molecule has 3 N–H and O–H groups in total. The van der Waals surface area contributed by atoms with E-state index in [-0.39, 0.29) is 11.1 Å². The minimum Gasteiger partial charge on any atom is -0.376 e. The lowest BCUT2D eigenvalue weighted by Crippen LogP contribution is -2.50. The highest BCUT2D eigenvalue weighted by Gasteiger charge is 2.41. The van der Waals surface area contributed by atoms with E-state index < -0.39 is 15.6 Å². The van der Waals surface area contributed by atoms with Crippen LogP contribution in [0.5, 0.6) is 0 Å². The van der Waals surface area contributed by atoms with Gasteiger partial charge in [0.2, 0.25) is 0 Å². The average molecular weight is 288 g/mol. The van der Waals surface area contributed by atoms with Crippen LogP contribution in [-0.4, -0.2) is 43.9 Å². The van der Waals surface area contributed by atoms with E-state index in [9.17, 15) is 8.42 Å². The molecule has 1 fully saturated rings. The zero-order valence-corrected chi connectivity index (χ0v) is 12.2. The van der Waals surface area contributed by atoms with Crippen LogP contribution >= 0.6 is 0 Å². The monoisotopic (exact) mass is 288 g/mol. The number of sulfonamides is 1. The first-order valence-corrected chi connectivity index (χ1v) is 7.70. The third kappa shape index (κ3) is 2.81. The second-order valence-corrected chi connectivity index (χ2v) is 6.66. The van der Waals surface area contributed by atoms with E-state index in [1.54, 1.807) is 7.05 Å². The number of ether oxygens (including phenoxy) is 1. The van der Waals surface area contributed by atoms with E-state index in [1.807, 2.05) is 13.8 Å². The van der Waals surface area contributed by atoms with Crippen molar-refractivity contribution in [2.24, 2.45) is 0 Å². The molecule has 2 unspecified atom stereocenters. The molecule has 0 saturated carbocycles. The van der Waals surface area contributed by atoms with Gasteiger partial charge in [0.25, 0.3) is 10.0 Å². The molecular weight excluding hydrogens is 268 g/mol.